The second-order valence-corrected chi connectivity index (χ2v) is 7.42. The lowest BCUT2D eigenvalue weighted by Gasteiger charge is -2.21. The number of hydrogen-bond acceptors (Lipinski definition) is 4. The Morgan fingerprint density at radius 3 is 2.57 bits per heavy atom. The highest BCUT2D eigenvalue weighted by molar-refractivity contribution is 5.81. The molecule has 2 fully saturated rings. The van der Waals surface area contributed by atoms with Crippen LogP contribution in [0.1, 0.15) is 32.1 Å². The molecule has 3 rings (SSSR count). The number of amides is 1. The fourth-order valence-corrected chi connectivity index (χ4v) is 3.91. The van der Waals surface area contributed by atoms with Crippen LogP contribution in [0, 0.1) is 5.92 Å². The van der Waals surface area contributed by atoms with Gasteiger partial charge in [-0.25, -0.2) is 0 Å². The summed E-state index contributed by atoms with van der Waals surface area (Å²) in [6.45, 7) is 2.77. The van der Waals surface area contributed by atoms with Crippen molar-refractivity contribution in [2.24, 2.45) is 10.9 Å². The largest absolute Gasteiger partial charge is 0.497 e. The quantitative estimate of drug-likeness (QED) is 0.425. The molecule has 28 heavy (non-hydrogen) atoms. The van der Waals surface area contributed by atoms with Gasteiger partial charge in [0.1, 0.15) is 18.1 Å². The van der Waals surface area contributed by atoms with Crippen molar-refractivity contribution >= 4 is 11.9 Å². The van der Waals surface area contributed by atoms with E-state index in [1.807, 2.05) is 29.2 Å². The number of carbonyl (C=O) groups excluding carboxylic acids is 1. The first-order valence-corrected chi connectivity index (χ1v) is 10.2. The molecule has 0 bridgehead atoms. The molecule has 2 N–H and O–H groups in total. The van der Waals surface area contributed by atoms with Crippen molar-refractivity contribution in [3.8, 4) is 11.5 Å². The highest BCUT2D eigenvalue weighted by Gasteiger charge is 2.32. The van der Waals surface area contributed by atoms with Crippen LogP contribution in [0.5, 0.6) is 11.5 Å². The van der Waals surface area contributed by atoms with Crippen LogP contribution in [0.25, 0.3) is 0 Å². The van der Waals surface area contributed by atoms with Gasteiger partial charge in [0.2, 0.25) is 5.91 Å². The molecule has 1 aromatic rings. The zero-order valence-corrected chi connectivity index (χ0v) is 16.9. The third kappa shape index (κ3) is 5.53. The van der Waals surface area contributed by atoms with Crippen LogP contribution in [0.4, 0.5) is 0 Å². The first kappa shape index (κ1) is 20.3. The van der Waals surface area contributed by atoms with Crippen LogP contribution in [-0.2, 0) is 4.79 Å². The van der Waals surface area contributed by atoms with Gasteiger partial charge < -0.3 is 25.0 Å². The summed E-state index contributed by atoms with van der Waals surface area (Å²) in [7, 11) is 3.41. The van der Waals surface area contributed by atoms with Gasteiger partial charge in [-0.05, 0) is 43.5 Å². The number of benzene rings is 1. The zero-order chi connectivity index (χ0) is 19.8. The second-order valence-electron chi connectivity index (χ2n) is 7.42. The molecule has 0 radical (unpaired) electrons. The number of methoxy groups -OCH3 is 1. The smallest absolute Gasteiger partial charge is 0.225 e. The van der Waals surface area contributed by atoms with Crippen molar-refractivity contribution in [3.05, 3.63) is 24.3 Å². The fraction of sp³-hybridized carbons (Fsp3) is 0.619. The van der Waals surface area contributed by atoms with E-state index in [1.165, 1.54) is 12.8 Å². The number of likely N-dealkylation sites (tertiary alicyclic amines) is 1. The van der Waals surface area contributed by atoms with Gasteiger partial charge in [-0.3, -0.25) is 9.79 Å². The molecule has 1 aliphatic carbocycles. The first-order chi connectivity index (χ1) is 13.7. The maximum atomic E-state index is 12.6. The molecule has 1 atom stereocenters. The summed E-state index contributed by atoms with van der Waals surface area (Å²) < 4.78 is 10.9. The molecule has 0 aromatic heterocycles. The van der Waals surface area contributed by atoms with Crippen LogP contribution in [-0.4, -0.2) is 63.2 Å². The molecule has 1 saturated carbocycles. The third-order valence-corrected chi connectivity index (χ3v) is 5.49. The molecular weight excluding hydrogens is 356 g/mol. The lowest BCUT2D eigenvalue weighted by atomic mass is 10.1. The van der Waals surface area contributed by atoms with Crippen LogP contribution in [0.2, 0.25) is 0 Å². The van der Waals surface area contributed by atoms with Gasteiger partial charge in [-0.1, -0.05) is 12.8 Å². The summed E-state index contributed by atoms with van der Waals surface area (Å²) in [5, 5.41) is 6.70. The van der Waals surface area contributed by atoms with Crippen molar-refractivity contribution in [1.29, 1.82) is 0 Å². The van der Waals surface area contributed by atoms with E-state index in [0.717, 1.165) is 49.8 Å². The van der Waals surface area contributed by atoms with E-state index in [2.05, 4.69) is 15.6 Å². The zero-order valence-electron chi connectivity index (χ0n) is 16.9. The molecule has 154 valence electrons. The third-order valence-electron chi connectivity index (χ3n) is 5.49. The number of hydrogen-bond donors (Lipinski definition) is 2. The van der Waals surface area contributed by atoms with E-state index in [0.29, 0.717) is 19.1 Å². The molecule has 1 heterocycles. The molecule has 7 nitrogen and oxygen atoms in total. The van der Waals surface area contributed by atoms with Gasteiger partial charge >= 0.3 is 0 Å². The molecule has 0 spiro atoms. The Balaban J connectivity index is 1.35. The average molecular weight is 389 g/mol. The number of nitrogens with zero attached hydrogens (tertiary/aromatic N) is 2. The van der Waals surface area contributed by atoms with Gasteiger partial charge in [-0.15, -0.1) is 0 Å². The Labute approximate surface area is 167 Å². The maximum absolute atomic E-state index is 12.6. The van der Waals surface area contributed by atoms with Crippen molar-refractivity contribution in [1.82, 2.24) is 15.5 Å². The first-order valence-electron chi connectivity index (χ1n) is 10.2. The Morgan fingerprint density at radius 2 is 1.89 bits per heavy atom. The normalized spacial score (nSPS) is 20.3. The molecular formula is C21H32N4O3. The average Bonchev–Trinajstić information content (AvgIpc) is 3.42. The van der Waals surface area contributed by atoms with Gasteiger partial charge in [0.05, 0.1) is 13.7 Å². The Kier molecular flexibility index (Phi) is 7.39. The number of guanidine groups is 1. The van der Waals surface area contributed by atoms with Crippen LogP contribution < -0.4 is 20.1 Å². The van der Waals surface area contributed by atoms with Crippen LogP contribution in [0.3, 0.4) is 0 Å². The highest BCUT2D eigenvalue weighted by atomic mass is 16.5. The Hall–Kier alpha value is -2.44. The number of aliphatic imine (C=N–C) groups is 1. The van der Waals surface area contributed by atoms with Gasteiger partial charge in [0.25, 0.3) is 0 Å². The van der Waals surface area contributed by atoms with E-state index < -0.39 is 0 Å². The van der Waals surface area contributed by atoms with Crippen molar-refractivity contribution < 1.29 is 14.3 Å². The van der Waals surface area contributed by atoms with Gasteiger partial charge in [0.15, 0.2) is 5.96 Å². The lowest BCUT2D eigenvalue weighted by molar-refractivity contribution is -0.134. The predicted octanol–water partition coefficient (Wildman–Crippen LogP) is 2.03. The van der Waals surface area contributed by atoms with E-state index in [1.54, 1.807) is 14.2 Å². The van der Waals surface area contributed by atoms with E-state index in [-0.39, 0.29) is 12.0 Å². The van der Waals surface area contributed by atoms with Crippen molar-refractivity contribution in [2.75, 3.05) is 40.4 Å². The second kappa shape index (κ2) is 10.2. The summed E-state index contributed by atoms with van der Waals surface area (Å²) in [4.78, 5) is 18.9. The number of nitrogens with one attached hydrogen (secondary N) is 2. The predicted molar refractivity (Wildman–Crippen MR) is 110 cm³/mol. The van der Waals surface area contributed by atoms with E-state index in [9.17, 15) is 4.79 Å². The highest BCUT2D eigenvalue weighted by Crippen LogP contribution is 2.27. The molecule has 7 heteroatoms. The number of rotatable bonds is 7. The fourth-order valence-electron chi connectivity index (χ4n) is 3.91. The Morgan fingerprint density at radius 1 is 1.18 bits per heavy atom. The number of ether oxygens (including phenoxy) is 2. The topological polar surface area (TPSA) is 75.2 Å². The van der Waals surface area contributed by atoms with Gasteiger partial charge in [0, 0.05) is 32.1 Å². The standard InChI is InChI=1S/C21H32N4O3/c1-22-21(23-12-14-28-19-9-7-18(27-2)8-10-19)24-17-11-13-25(15-17)20(26)16-5-3-4-6-16/h7-10,16-17H,3-6,11-15H2,1-2H3,(H2,22,23,24). The summed E-state index contributed by atoms with van der Waals surface area (Å²) in [5.74, 6) is 2.97. The minimum absolute atomic E-state index is 0.249. The summed E-state index contributed by atoms with van der Waals surface area (Å²) in [6.07, 6.45) is 5.47. The van der Waals surface area contributed by atoms with E-state index in [4.69, 9.17) is 9.47 Å². The summed E-state index contributed by atoms with van der Waals surface area (Å²) in [5.41, 5.74) is 0. The monoisotopic (exact) mass is 388 g/mol. The molecule has 1 aromatic carbocycles. The molecule has 1 saturated heterocycles. The molecule has 2 aliphatic rings. The van der Waals surface area contributed by atoms with Crippen LogP contribution in [0.15, 0.2) is 29.3 Å². The Bertz CT molecular complexity index is 656. The number of carbonyl (C=O) groups is 1. The maximum Gasteiger partial charge on any atom is 0.225 e. The SMILES string of the molecule is CN=C(NCCOc1ccc(OC)cc1)NC1CCN(C(=O)C2CCCC2)C1. The molecule has 1 aliphatic heterocycles. The minimum Gasteiger partial charge on any atom is -0.497 e. The summed E-state index contributed by atoms with van der Waals surface area (Å²) >= 11 is 0. The molecule has 1 unspecified atom stereocenters. The summed E-state index contributed by atoms with van der Waals surface area (Å²) in [6, 6.07) is 7.78. The van der Waals surface area contributed by atoms with Crippen molar-refractivity contribution in [2.45, 2.75) is 38.1 Å². The lowest BCUT2D eigenvalue weighted by Crippen LogP contribution is -2.46. The molecule has 1 amide bonds. The van der Waals surface area contributed by atoms with Crippen molar-refractivity contribution in [3.63, 3.8) is 0 Å². The minimum atomic E-state index is 0.249. The van der Waals surface area contributed by atoms with Gasteiger partial charge in [-0.2, -0.15) is 0 Å². The van der Waals surface area contributed by atoms with Crippen LogP contribution >= 0.6 is 0 Å². The van der Waals surface area contributed by atoms with E-state index >= 15 is 0 Å².